The smallest absolute Gasteiger partial charge is 0.0936 e. The topological polar surface area (TPSA) is 24.4 Å². The van der Waals surface area contributed by atoms with Gasteiger partial charge in [0.2, 0.25) is 0 Å². The third kappa shape index (κ3) is 14.1. The maximum absolute atomic E-state index is 4.84. The minimum Gasteiger partial charge on any atom is -0.374 e. The van der Waals surface area contributed by atoms with Crippen LogP contribution >= 0.6 is 0 Å². The molecule has 0 aliphatic heterocycles. The van der Waals surface area contributed by atoms with Crippen LogP contribution in [0.2, 0.25) is 12.6 Å². The molecule has 0 amide bonds. The molecule has 0 bridgehead atoms. The van der Waals surface area contributed by atoms with E-state index in [0.717, 1.165) is 13.1 Å². The van der Waals surface area contributed by atoms with E-state index < -0.39 is 8.80 Å². The number of nitrogens with zero attached hydrogens (tertiary/aromatic N) is 1. The van der Waals surface area contributed by atoms with Crippen molar-refractivity contribution in [2.75, 3.05) is 13.1 Å². The zero-order valence-corrected chi connectivity index (χ0v) is 16.1. The molecule has 0 spiro atoms. The van der Waals surface area contributed by atoms with Gasteiger partial charge < -0.3 is 5.32 Å². The van der Waals surface area contributed by atoms with E-state index in [0.29, 0.717) is 0 Å². The number of amidine groups is 1. The molecule has 0 fully saturated rings. The Morgan fingerprint density at radius 1 is 1.00 bits per heavy atom. The van der Waals surface area contributed by atoms with Crippen molar-refractivity contribution in [1.29, 1.82) is 0 Å². The molecule has 0 heterocycles. The van der Waals surface area contributed by atoms with Crippen LogP contribution < -0.4 is 5.32 Å². The number of allylic oxidation sites excluding steroid dienone is 1. The number of hydrogen-bond acceptors (Lipinski definition) is 1. The zero-order valence-electron chi connectivity index (χ0n) is 15.0. The summed E-state index contributed by atoms with van der Waals surface area (Å²) in [5.74, 6) is 1.28. The van der Waals surface area contributed by atoms with E-state index in [9.17, 15) is 0 Å². The minimum absolute atomic E-state index is 0.764. The van der Waals surface area contributed by atoms with Gasteiger partial charge in [-0.1, -0.05) is 65.0 Å². The summed E-state index contributed by atoms with van der Waals surface area (Å²) in [7, 11) is -0.764. The van der Waals surface area contributed by atoms with Crippen molar-refractivity contribution in [2.45, 2.75) is 84.7 Å². The Hall–Kier alpha value is -0.573. The number of rotatable bonds is 13. The highest BCUT2D eigenvalue weighted by molar-refractivity contribution is 6.66. The molecule has 2 nitrogen and oxygen atoms in total. The van der Waals surface area contributed by atoms with Crippen molar-refractivity contribution >= 4 is 14.6 Å². The minimum atomic E-state index is -0.764. The van der Waals surface area contributed by atoms with Gasteiger partial charge in [0.25, 0.3) is 0 Å². The van der Waals surface area contributed by atoms with Crippen molar-refractivity contribution in [3.8, 4) is 0 Å². The normalized spacial score (nSPS) is 13.8. The molecule has 0 aromatic rings. The maximum Gasteiger partial charge on any atom is 0.0936 e. The fraction of sp³-hybridized carbons (Fsp3) is 0.833. The average Bonchev–Trinajstić information content (AvgIpc) is 2.46. The summed E-state index contributed by atoms with van der Waals surface area (Å²) in [5, 5.41) is 3.61. The average molecular weight is 311 g/mol. The lowest BCUT2D eigenvalue weighted by molar-refractivity contribution is 0.649. The van der Waals surface area contributed by atoms with E-state index in [1.165, 1.54) is 63.2 Å². The van der Waals surface area contributed by atoms with Crippen molar-refractivity contribution in [2.24, 2.45) is 4.99 Å². The molecule has 0 aromatic carbocycles. The lowest BCUT2D eigenvalue weighted by Gasteiger charge is -2.12. The van der Waals surface area contributed by atoms with Gasteiger partial charge >= 0.3 is 0 Å². The van der Waals surface area contributed by atoms with E-state index in [1.54, 1.807) is 0 Å². The summed E-state index contributed by atoms with van der Waals surface area (Å²) in [6.45, 7) is 11.2. The summed E-state index contributed by atoms with van der Waals surface area (Å²) in [6.07, 6.45) is 12.7. The van der Waals surface area contributed by atoms with Crippen LogP contribution in [-0.2, 0) is 0 Å². The second kappa shape index (κ2) is 15.8. The van der Waals surface area contributed by atoms with Gasteiger partial charge in [-0.25, -0.2) is 0 Å². The lowest BCUT2D eigenvalue weighted by atomic mass is 10.2. The number of hydrogen-bond donors (Lipinski definition) is 1. The van der Waals surface area contributed by atoms with Gasteiger partial charge in [-0.3, -0.25) is 4.99 Å². The van der Waals surface area contributed by atoms with E-state index in [1.807, 2.05) is 0 Å². The summed E-state index contributed by atoms with van der Waals surface area (Å²) in [4.78, 5) is 4.84. The van der Waals surface area contributed by atoms with Crippen LogP contribution in [0.15, 0.2) is 16.8 Å². The molecule has 0 aromatic heterocycles. The van der Waals surface area contributed by atoms with E-state index >= 15 is 0 Å². The van der Waals surface area contributed by atoms with Crippen molar-refractivity contribution in [3.63, 3.8) is 0 Å². The molecule has 0 radical (unpaired) electrons. The molecule has 1 unspecified atom stereocenters. The monoisotopic (exact) mass is 310 g/mol. The lowest BCUT2D eigenvalue weighted by Crippen LogP contribution is -2.28. The van der Waals surface area contributed by atoms with Crippen molar-refractivity contribution in [1.82, 2.24) is 5.32 Å². The van der Waals surface area contributed by atoms with Crippen LogP contribution in [0.1, 0.15) is 72.1 Å². The predicted molar refractivity (Wildman–Crippen MR) is 101 cm³/mol. The fourth-order valence-electron chi connectivity index (χ4n) is 2.43. The Kier molecular flexibility index (Phi) is 15.4. The first-order valence-corrected chi connectivity index (χ1v) is 11.8. The van der Waals surface area contributed by atoms with Gasteiger partial charge in [-0.2, -0.15) is 0 Å². The summed E-state index contributed by atoms with van der Waals surface area (Å²) in [6, 6.07) is 1.19. The summed E-state index contributed by atoms with van der Waals surface area (Å²) >= 11 is 0. The molecule has 0 rings (SSSR count). The molecule has 0 aliphatic carbocycles. The number of aliphatic imine (C=N–C) groups is 1. The SMILES string of the molecule is CC=C[SiH](C)CC(=NCCCCCC)NCCCCCC. The van der Waals surface area contributed by atoms with Crippen LogP contribution in [0.25, 0.3) is 0 Å². The standard InChI is InChI=1S/C18H38N2Si/c1-5-8-10-12-14-19-18(17-21(4)16-7-3)20-15-13-11-9-6-2/h7,16,21H,5-6,8-15,17H2,1-4H3,(H,19,20). The third-order valence-electron chi connectivity index (χ3n) is 3.71. The molecule has 1 N–H and O–H groups in total. The Morgan fingerprint density at radius 2 is 1.67 bits per heavy atom. The quantitative estimate of drug-likeness (QED) is 0.217. The van der Waals surface area contributed by atoms with Gasteiger partial charge in [-0.15, -0.1) is 5.70 Å². The van der Waals surface area contributed by atoms with Crippen molar-refractivity contribution in [3.05, 3.63) is 11.8 Å². The Morgan fingerprint density at radius 3 is 2.29 bits per heavy atom. The van der Waals surface area contributed by atoms with Gasteiger partial charge in [0.05, 0.1) is 14.6 Å². The molecular weight excluding hydrogens is 272 g/mol. The Balaban J connectivity index is 4.09. The molecule has 0 saturated carbocycles. The fourth-order valence-corrected chi connectivity index (χ4v) is 4.11. The molecule has 0 saturated heterocycles. The van der Waals surface area contributed by atoms with Gasteiger partial charge in [-0.05, 0) is 19.8 Å². The molecule has 124 valence electrons. The van der Waals surface area contributed by atoms with E-state index in [-0.39, 0.29) is 0 Å². The maximum atomic E-state index is 4.84. The predicted octanol–water partition coefficient (Wildman–Crippen LogP) is 5.11. The zero-order chi connectivity index (χ0) is 15.8. The Labute approximate surface area is 135 Å². The molecule has 1 atom stereocenters. The van der Waals surface area contributed by atoms with Crippen molar-refractivity contribution < 1.29 is 0 Å². The molecule has 0 aliphatic rings. The van der Waals surface area contributed by atoms with E-state index in [4.69, 9.17) is 4.99 Å². The first-order chi connectivity index (χ1) is 10.2. The highest BCUT2D eigenvalue weighted by atomic mass is 28.3. The first kappa shape index (κ1) is 20.4. The van der Waals surface area contributed by atoms with Crippen LogP contribution in [0.4, 0.5) is 0 Å². The second-order valence-corrected chi connectivity index (χ2v) is 8.83. The summed E-state index contributed by atoms with van der Waals surface area (Å²) < 4.78 is 0. The van der Waals surface area contributed by atoms with Crippen LogP contribution in [-0.4, -0.2) is 27.7 Å². The first-order valence-electron chi connectivity index (χ1n) is 9.14. The summed E-state index contributed by atoms with van der Waals surface area (Å²) in [5.41, 5.74) is 2.41. The highest BCUT2D eigenvalue weighted by Crippen LogP contribution is 2.02. The second-order valence-electron chi connectivity index (χ2n) is 6.08. The largest absolute Gasteiger partial charge is 0.374 e. The van der Waals surface area contributed by atoms with E-state index in [2.05, 4.69) is 44.4 Å². The molecule has 21 heavy (non-hydrogen) atoms. The highest BCUT2D eigenvalue weighted by Gasteiger charge is 2.05. The van der Waals surface area contributed by atoms with Crippen LogP contribution in [0.3, 0.4) is 0 Å². The number of unbranched alkanes of at least 4 members (excludes halogenated alkanes) is 6. The van der Waals surface area contributed by atoms with Crippen LogP contribution in [0, 0.1) is 0 Å². The molecule has 3 heteroatoms. The Bertz CT molecular complexity index is 274. The number of nitrogens with one attached hydrogen (secondary N) is 1. The third-order valence-corrected chi connectivity index (χ3v) is 5.78. The van der Waals surface area contributed by atoms with Gasteiger partial charge in [0.1, 0.15) is 0 Å². The van der Waals surface area contributed by atoms with Gasteiger partial charge in [0.15, 0.2) is 0 Å². The van der Waals surface area contributed by atoms with Crippen LogP contribution in [0.5, 0.6) is 0 Å². The van der Waals surface area contributed by atoms with Gasteiger partial charge in [0, 0.05) is 19.1 Å². The molecular formula is C18H38N2Si.